The second-order valence-electron chi connectivity index (χ2n) is 1.93. The predicted molar refractivity (Wildman–Crippen MR) is 46.1 cm³/mol. The van der Waals surface area contributed by atoms with Gasteiger partial charge in [0.1, 0.15) is 0 Å². The van der Waals surface area contributed by atoms with Gasteiger partial charge in [-0.05, 0) is 0 Å². The minimum Gasteiger partial charge on any atom is -0.350 e. The predicted octanol–water partition coefficient (Wildman–Crippen LogP) is 1.82. The summed E-state index contributed by atoms with van der Waals surface area (Å²) in [5.41, 5.74) is 0. The summed E-state index contributed by atoms with van der Waals surface area (Å²) in [7, 11) is 1.99. The van der Waals surface area contributed by atoms with E-state index < -0.39 is 0 Å². The molecular weight excluding hydrogens is 168 g/mol. The molecule has 0 aliphatic heterocycles. The molecule has 4 heteroatoms. The van der Waals surface area contributed by atoms with Crippen molar-refractivity contribution >= 4 is 28.1 Å². The molecule has 1 aromatic rings. The molecule has 0 aliphatic carbocycles. The van der Waals surface area contributed by atoms with Crippen LogP contribution in [0.2, 0.25) is 0 Å². The molecule has 1 heterocycles. The number of anilines is 1. The average Bonchev–Trinajstić information content (AvgIpc) is 2.38. The first-order chi connectivity index (χ1) is 4.84. The second-order valence-corrected chi connectivity index (χ2v) is 3.18. The second kappa shape index (κ2) is 3.78. The number of aromatic nitrogens is 1. The van der Waals surface area contributed by atoms with Crippen LogP contribution in [0.5, 0.6) is 0 Å². The Bertz CT molecular complexity index is 176. The van der Waals surface area contributed by atoms with E-state index in [9.17, 15) is 0 Å². The fourth-order valence-electron chi connectivity index (χ4n) is 0.627. The fraction of sp³-hybridized carbons (Fsp3) is 0.500. The van der Waals surface area contributed by atoms with Crippen LogP contribution in [0.25, 0.3) is 0 Å². The van der Waals surface area contributed by atoms with E-state index in [1.165, 1.54) is 0 Å². The number of thiazole rings is 1. The van der Waals surface area contributed by atoms with Gasteiger partial charge in [0.25, 0.3) is 0 Å². The zero-order chi connectivity index (χ0) is 7.40. The molecule has 56 valence electrons. The van der Waals surface area contributed by atoms with Crippen LogP contribution in [0, 0.1) is 0 Å². The number of nitrogens with zero attached hydrogens (tertiary/aromatic N) is 2. The largest absolute Gasteiger partial charge is 0.350 e. The maximum atomic E-state index is 5.55. The summed E-state index contributed by atoms with van der Waals surface area (Å²) in [6, 6.07) is 0. The van der Waals surface area contributed by atoms with Crippen molar-refractivity contribution in [3.63, 3.8) is 0 Å². The Morgan fingerprint density at radius 3 is 3.10 bits per heavy atom. The standard InChI is InChI=1S/C6H9ClN2S/c1-9(4-2-7)6-8-3-5-10-6/h3,5H,2,4H2,1H3. The first-order valence-electron chi connectivity index (χ1n) is 3.01. The van der Waals surface area contributed by atoms with E-state index in [0.717, 1.165) is 11.7 Å². The molecule has 0 saturated carbocycles. The zero-order valence-corrected chi connectivity index (χ0v) is 7.32. The van der Waals surface area contributed by atoms with E-state index >= 15 is 0 Å². The lowest BCUT2D eigenvalue weighted by Crippen LogP contribution is -2.18. The van der Waals surface area contributed by atoms with Crippen LogP contribution in [-0.4, -0.2) is 24.5 Å². The molecule has 0 radical (unpaired) electrons. The summed E-state index contributed by atoms with van der Waals surface area (Å²) >= 11 is 7.18. The van der Waals surface area contributed by atoms with E-state index in [1.807, 2.05) is 17.3 Å². The molecule has 0 N–H and O–H groups in total. The highest BCUT2D eigenvalue weighted by Crippen LogP contribution is 2.14. The molecule has 0 fully saturated rings. The van der Waals surface area contributed by atoms with Gasteiger partial charge in [-0.25, -0.2) is 4.98 Å². The number of hydrogen-bond acceptors (Lipinski definition) is 3. The molecule has 0 aromatic carbocycles. The van der Waals surface area contributed by atoms with Gasteiger partial charge in [0.05, 0.1) is 0 Å². The van der Waals surface area contributed by atoms with E-state index in [4.69, 9.17) is 11.6 Å². The van der Waals surface area contributed by atoms with E-state index in [1.54, 1.807) is 17.5 Å². The third kappa shape index (κ3) is 1.85. The maximum Gasteiger partial charge on any atom is 0.184 e. The van der Waals surface area contributed by atoms with E-state index in [-0.39, 0.29) is 0 Å². The molecule has 0 amide bonds. The van der Waals surface area contributed by atoms with Gasteiger partial charge in [0.2, 0.25) is 0 Å². The van der Waals surface area contributed by atoms with Crippen LogP contribution in [0.15, 0.2) is 11.6 Å². The summed E-state index contributed by atoms with van der Waals surface area (Å²) in [5.74, 6) is 0.649. The SMILES string of the molecule is CN(CCCl)c1nccs1. The lowest BCUT2D eigenvalue weighted by atomic mass is 10.7. The maximum absolute atomic E-state index is 5.55. The van der Waals surface area contributed by atoms with Gasteiger partial charge in [-0.15, -0.1) is 22.9 Å². The summed E-state index contributed by atoms with van der Waals surface area (Å²) in [6.45, 7) is 0.856. The third-order valence-electron chi connectivity index (χ3n) is 1.17. The van der Waals surface area contributed by atoms with Crippen molar-refractivity contribution in [2.75, 3.05) is 24.4 Å². The van der Waals surface area contributed by atoms with Gasteiger partial charge in [-0.3, -0.25) is 0 Å². The van der Waals surface area contributed by atoms with Crippen molar-refractivity contribution < 1.29 is 0 Å². The number of halogens is 1. The molecule has 10 heavy (non-hydrogen) atoms. The number of alkyl halides is 1. The molecule has 0 spiro atoms. The Labute approximate surface area is 69.4 Å². The van der Waals surface area contributed by atoms with Gasteiger partial charge >= 0.3 is 0 Å². The number of hydrogen-bond donors (Lipinski definition) is 0. The smallest absolute Gasteiger partial charge is 0.184 e. The fourth-order valence-corrected chi connectivity index (χ4v) is 1.52. The van der Waals surface area contributed by atoms with Crippen molar-refractivity contribution in [1.29, 1.82) is 0 Å². The van der Waals surface area contributed by atoms with Crippen molar-refractivity contribution in [2.45, 2.75) is 0 Å². The summed E-state index contributed by atoms with van der Waals surface area (Å²) in [4.78, 5) is 6.16. The lowest BCUT2D eigenvalue weighted by Gasteiger charge is -2.12. The van der Waals surface area contributed by atoms with E-state index in [2.05, 4.69) is 4.98 Å². The van der Waals surface area contributed by atoms with E-state index in [0.29, 0.717) is 5.88 Å². The monoisotopic (exact) mass is 176 g/mol. The molecule has 0 saturated heterocycles. The molecule has 2 nitrogen and oxygen atoms in total. The Balaban J connectivity index is 2.50. The normalized spacial score (nSPS) is 9.80. The van der Waals surface area contributed by atoms with Crippen molar-refractivity contribution in [3.8, 4) is 0 Å². The number of rotatable bonds is 3. The Morgan fingerprint density at radius 2 is 2.60 bits per heavy atom. The van der Waals surface area contributed by atoms with Crippen molar-refractivity contribution in [3.05, 3.63) is 11.6 Å². The van der Waals surface area contributed by atoms with Crippen molar-refractivity contribution in [1.82, 2.24) is 4.98 Å². The van der Waals surface area contributed by atoms with Crippen LogP contribution in [-0.2, 0) is 0 Å². The van der Waals surface area contributed by atoms with Gasteiger partial charge in [0.15, 0.2) is 5.13 Å². The molecule has 1 aromatic heterocycles. The molecule has 0 unspecified atom stereocenters. The Morgan fingerprint density at radius 1 is 1.80 bits per heavy atom. The van der Waals surface area contributed by atoms with Gasteiger partial charge in [0, 0.05) is 31.0 Å². The highest BCUT2D eigenvalue weighted by atomic mass is 35.5. The average molecular weight is 177 g/mol. The van der Waals surface area contributed by atoms with Gasteiger partial charge in [-0.2, -0.15) is 0 Å². The first-order valence-corrected chi connectivity index (χ1v) is 4.42. The van der Waals surface area contributed by atoms with Crippen LogP contribution in [0.4, 0.5) is 5.13 Å². The topological polar surface area (TPSA) is 16.1 Å². The summed E-state index contributed by atoms with van der Waals surface area (Å²) in [6.07, 6.45) is 1.80. The van der Waals surface area contributed by atoms with Gasteiger partial charge in [-0.1, -0.05) is 0 Å². The van der Waals surface area contributed by atoms with Crippen LogP contribution in [0.1, 0.15) is 0 Å². The Kier molecular flexibility index (Phi) is 2.96. The summed E-state index contributed by atoms with van der Waals surface area (Å²) in [5, 5.41) is 2.99. The van der Waals surface area contributed by atoms with Crippen LogP contribution in [0.3, 0.4) is 0 Å². The first kappa shape index (κ1) is 7.82. The summed E-state index contributed by atoms with van der Waals surface area (Å²) < 4.78 is 0. The minimum atomic E-state index is 0.649. The quantitative estimate of drug-likeness (QED) is 0.654. The molecule has 0 aliphatic rings. The Hall–Kier alpha value is -0.280. The molecule has 0 bridgehead atoms. The highest BCUT2D eigenvalue weighted by Gasteiger charge is 1.99. The zero-order valence-electron chi connectivity index (χ0n) is 5.75. The molecule has 0 atom stereocenters. The molecule has 1 rings (SSSR count). The van der Waals surface area contributed by atoms with Crippen LogP contribution < -0.4 is 4.90 Å². The molecular formula is C6H9ClN2S. The lowest BCUT2D eigenvalue weighted by molar-refractivity contribution is 0.963. The van der Waals surface area contributed by atoms with Gasteiger partial charge < -0.3 is 4.90 Å². The highest BCUT2D eigenvalue weighted by molar-refractivity contribution is 7.13. The minimum absolute atomic E-state index is 0.649. The third-order valence-corrected chi connectivity index (χ3v) is 2.22. The van der Waals surface area contributed by atoms with Crippen molar-refractivity contribution in [2.24, 2.45) is 0 Å². The van der Waals surface area contributed by atoms with Crippen LogP contribution >= 0.6 is 22.9 Å².